The van der Waals surface area contributed by atoms with Gasteiger partial charge < -0.3 is 10.2 Å². The second-order valence-electron chi connectivity index (χ2n) is 3.89. The summed E-state index contributed by atoms with van der Waals surface area (Å²) >= 11 is 7.46. The number of halogens is 1. The number of hydrogen-bond acceptors (Lipinski definition) is 3. The van der Waals surface area contributed by atoms with Gasteiger partial charge in [-0.3, -0.25) is 0 Å². The third-order valence-electron chi connectivity index (χ3n) is 2.53. The summed E-state index contributed by atoms with van der Waals surface area (Å²) in [6.45, 7) is 3.88. The van der Waals surface area contributed by atoms with Gasteiger partial charge in [-0.1, -0.05) is 11.6 Å². The van der Waals surface area contributed by atoms with Crippen LogP contribution in [0.3, 0.4) is 0 Å². The maximum atomic E-state index is 6.15. The van der Waals surface area contributed by atoms with E-state index < -0.39 is 0 Å². The van der Waals surface area contributed by atoms with E-state index in [1.165, 1.54) is 4.88 Å². The van der Waals surface area contributed by atoms with Crippen LogP contribution in [0, 0.1) is 13.8 Å². The number of rotatable bonds is 3. The lowest BCUT2D eigenvalue weighted by atomic mass is 10.0. The summed E-state index contributed by atoms with van der Waals surface area (Å²) in [6.07, 6.45) is 0.803. The first-order chi connectivity index (χ1) is 7.56. The molecule has 0 aliphatic carbocycles. The average molecular weight is 256 g/mol. The molecule has 2 aromatic heterocycles. The Morgan fingerprint density at radius 2 is 2.19 bits per heavy atom. The van der Waals surface area contributed by atoms with E-state index in [2.05, 4.69) is 0 Å². The largest absolute Gasteiger partial charge is 0.466 e. The maximum Gasteiger partial charge on any atom is 0.105 e. The fourth-order valence-corrected chi connectivity index (χ4v) is 2.95. The van der Waals surface area contributed by atoms with E-state index in [1.807, 2.05) is 32.0 Å². The van der Waals surface area contributed by atoms with Gasteiger partial charge >= 0.3 is 0 Å². The van der Waals surface area contributed by atoms with E-state index in [0.29, 0.717) is 0 Å². The zero-order valence-corrected chi connectivity index (χ0v) is 10.9. The van der Waals surface area contributed by atoms with E-state index in [9.17, 15) is 0 Å². The first kappa shape index (κ1) is 11.7. The minimum absolute atomic E-state index is 0.0211. The minimum Gasteiger partial charge on any atom is -0.466 e. The van der Waals surface area contributed by atoms with Gasteiger partial charge in [-0.25, -0.2) is 0 Å². The van der Waals surface area contributed by atoms with E-state index in [4.69, 9.17) is 21.8 Å². The lowest BCUT2D eigenvalue weighted by Crippen LogP contribution is -2.12. The summed E-state index contributed by atoms with van der Waals surface area (Å²) < 4.78 is 6.28. The zero-order chi connectivity index (χ0) is 11.7. The molecule has 86 valence electrons. The molecule has 1 unspecified atom stereocenters. The first-order valence-corrected chi connectivity index (χ1v) is 6.32. The Labute approximate surface area is 104 Å². The molecule has 2 aromatic rings. The molecule has 2 nitrogen and oxygen atoms in total. The second-order valence-corrected chi connectivity index (χ2v) is 5.68. The van der Waals surface area contributed by atoms with Gasteiger partial charge in [0.1, 0.15) is 11.5 Å². The summed E-state index contributed by atoms with van der Waals surface area (Å²) in [7, 11) is 0. The fraction of sp³-hybridized carbons (Fsp3) is 0.333. The highest BCUT2D eigenvalue weighted by atomic mass is 35.5. The van der Waals surface area contributed by atoms with Gasteiger partial charge in [-0.2, -0.15) is 0 Å². The van der Waals surface area contributed by atoms with Crippen LogP contribution >= 0.6 is 22.9 Å². The summed E-state index contributed by atoms with van der Waals surface area (Å²) in [5.41, 5.74) is 7.24. The van der Waals surface area contributed by atoms with Crippen LogP contribution in [0.15, 0.2) is 22.6 Å². The molecule has 0 aliphatic rings. The Morgan fingerprint density at radius 1 is 1.44 bits per heavy atom. The highest BCUT2D eigenvalue weighted by molar-refractivity contribution is 7.16. The predicted octanol–water partition coefficient (Wildman–Crippen LogP) is 3.85. The Balaban J connectivity index is 2.14. The molecule has 0 saturated heterocycles. The molecule has 4 heteroatoms. The number of furan rings is 1. The van der Waals surface area contributed by atoms with Gasteiger partial charge in [0.25, 0.3) is 0 Å². The van der Waals surface area contributed by atoms with Crippen LogP contribution in [0.5, 0.6) is 0 Å². The quantitative estimate of drug-likeness (QED) is 0.905. The highest BCUT2D eigenvalue weighted by Crippen LogP contribution is 2.27. The van der Waals surface area contributed by atoms with Gasteiger partial charge in [0, 0.05) is 22.9 Å². The molecule has 2 rings (SSSR count). The van der Waals surface area contributed by atoms with Crippen molar-refractivity contribution in [3.05, 3.63) is 44.5 Å². The lowest BCUT2D eigenvalue weighted by molar-refractivity contribution is 0.497. The van der Waals surface area contributed by atoms with Crippen LogP contribution in [0.25, 0.3) is 0 Å². The zero-order valence-electron chi connectivity index (χ0n) is 9.29. The van der Waals surface area contributed by atoms with Crippen LogP contribution in [0.1, 0.15) is 28.0 Å². The van der Waals surface area contributed by atoms with Crippen LogP contribution < -0.4 is 5.73 Å². The van der Waals surface area contributed by atoms with Crippen LogP contribution in [0.2, 0.25) is 4.34 Å². The van der Waals surface area contributed by atoms with Crippen molar-refractivity contribution in [2.45, 2.75) is 26.3 Å². The van der Waals surface area contributed by atoms with Crippen molar-refractivity contribution in [1.82, 2.24) is 0 Å². The number of nitrogens with two attached hydrogens (primary N) is 1. The van der Waals surface area contributed by atoms with Crippen molar-refractivity contribution in [3.8, 4) is 0 Å². The summed E-state index contributed by atoms with van der Waals surface area (Å²) in [6, 6.07) is 5.92. The standard InChI is InChI=1S/C12H14ClNOS/c1-7-5-10(8(2)15-7)11(14)6-9-3-4-12(13)16-9/h3-5,11H,6,14H2,1-2H3. The average Bonchev–Trinajstić information content (AvgIpc) is 2.73. The number of hydrogen-bond donors (Lipinski definition) is 1. The predicted molar refractivity (Wildman–Crippen MR) is 68.1 cm³/mol. The Bertz CT molecular complexity index is 489. The van der Waals surface area contributed by atoms with E-state index in [-0.39, 0.29) is 6.04 Å². The Hall–Kier alpha value is -0.770. The minimum atomic E-state index is -0.0211. The van der Waals surface area contributed by atoms with Crippen molar-refractivity contribution in [2.75, 3.05) is 0 Å². The monoisotopic (exact) mass is 255 g/mol. The third-order valence-corrected chi connectivity index (χ3v) is 3.78. The lowest BCUT2D eigenvalue weighted by Gasteiger charge is -2.08. The van der Waals surface area contributed by atoms with Gasteiger partial charge in [0.15, 0.2) is 0 Å². The van der Waals surface area contributed by atoms with Crippen molar-refractivity contribution >= 4 is 22.9 Å². The van der Waals surface area contributed by atoms with Gasteiger partial charge in [-0.15, -0.1) is 11.3 Å². The van der Waals surface area contributed by atoms with Crippen LogP contribution in [-0.2, 0) is 6.42 Å². The summed E-state index contributed by atoms with van der Waals surface area (Å²) in [5.74, 6) is 1.82. The maximum absolute atomic E-state index is 6.15. The molecule has 0 fully saturated rings. The van der Waals surface area contributed by atoms with E-state index in [1.54, 1.807) is 11.3 Å². The van der Waals surface area contributed by atoms with Crippen LogP contribution in [0.4, 0.5) is 0 Å². The molecular weight excluding hydrogens is 242 g/mol. The molecule has 0 saturated carbocycles. The van der Waals surface area contributed by atoms with Crippen LogP contribution in [-0.4, -0.2) is 0 Å². The Kier molecular flexibility index (Phi) is 3.38. The molecule has 0 aromatic carbocycles. The molecule has 2 heterocycles. The molecule has 2 N–H and O–H groups in total. The van der Waals surface area contributed by atoms with Crippen molar-refractivity contribution < 1.29 is 4.42 Å². The SMILES string of the molecule is Cc1cc(C(N)Cc2ccc(Cl)s2)c(C)o1. The molecule has 1 atom stereocenters. The normalized spacial score (nSPS) is 13.0. The molecule has 0 bridgehead atoms. The van der Waals surface area contributed by atoms with Gasteiger partial charge in [0.2, 0.25) is 0 Å². The smallest absolute Gasteiger partial charge is 0.105 e. The first-order valence-electron chi connectivity index (χ1n) is 5.13. The van der Waals surface area contributed by atoms with Gasteiger partial charge in [0.05, 0.1) is 4.34 Å². The number of thiophene rings is 1. The van der Waals surface area contributed by atoms with E-state index in [0.717, 1.165) is 27.8 Å². The molecule has 0 radical (unpaired) electrons. The van der Waals surface area contributed by atoms with Gasteiger partial charge in [-0.05, 0) is 32.0 Å². The molecule has 16 heavy (non-hydrogen) atoms. The molecule has 0 spiro atoms. The second kappa shape index (κ2) is 4.62. The third kappa shape index (κ3) is 2.48. The number of aryl methyl sites for hydroxylation is 2. The van der Waals surface area contributed by atoms with E-state index >= 15 is 0 Å². The topological polar surface area (TPSA) is 39.2 Å². The summed E-state index contributed by atoms with van der Waals surface area (Å²) in [4.78, 5) is 1.20. The molecule has 0 amide bonds. The van der Waals surface area contributed by atoms with Crippen molar-refractivity contribution in [2.24, 2.45) is 5.73 Å². The fourth-order valence-electron chi connectivity index (χ4n) is 1.81. The Morgan fingerprint density at radius 3 is 2.69 bits per heavy atom. The summed E-state index contributed by atoms with van der Waals surface area (Å²) in [5, 5.41) is 0. The molecular formula is C12H14ClNOS. The van der Waals surface area contributed by atoms with Crippen molar-refractivity contribution in [3.63, 3.8) is 0 Å². The highest BCUT2D eigenvalue weighted by Gasteiger charge is 2.14. The van der Waals surface area contributed by atoms with Crippen molar-refractivity contribution in [1.29, 1.82) is 0 Å². The molecule has 0 aliphatic heterocycles.